The Balaban J connectivity index is 1.15. The highest BCUT2D eigenvalue weighted by Gasteiger charge is 2.40. The largest absolute Gasteiger partial charge is 0.484 e. The average molecular weight is 950 g/mol. The molecule has 15 nitrogen and oxygen atoms in total. The molecule has 0 bridgehead atoms. The minimum absolute atomic E-state index is 0.200. The highest BCUT2D eigenvalue weighted by atomic mass is 19.3. The number of fused-ring (bicyclic) bond motifs is 2. The van der Waals surface area contributed by atoms with Gasteiger partial charge in [0.1, 0.15) is 23.7 Å². The Bertz CT molecular complexity index is 2750. The Morgan fingerprint density at radius 1 is 0.754 bits per heavy atom. The highest BCUT2D eigenvalue weighted by molar-refractivity contribution is 5.97. The number of hydrogen-bond acceptors (Lipinski definition) is 8. The predicted octanol–water partition coefficient (Wildman–Crippen LogP) is 7.17. The Hall–Kier alpha value is -7.70. The van der Waals surface area contributed by atoms with Gasteiger partial charge >= 0.3 is 17.9 Å². The maximum absolute atomic E-state index is 14.0. The molecule has 1 aliphatic heterocycles. The minimum atomic E-state index is -3.60. The van der Waals surface area contributed by atoms with Crippen LogP contribution in [-0.2, 0) is 20.0 Å². The molecule has 2 aromatic heterocycles. The van der Waals surface area contributed by atoms with E-state index in [4.69, 9.17) is 19.7 Å². The first kappa shape index (κ1) is 47.8. The zero-order valence-corrected chi connectivity index (χ0v) is 38.2. The van der Waals surface area contributed by atoms with E-state index in [-0.39, 0.29) is 19.0 Å². The van der Waals surface area contributed by atoms with Crippen molar-refractivity contribution in [2.75, 3.05) is 26.2 Å². The van der Waals surface area contributed by atoms with Gasteiger partial charge in [0.05, 0.1) is 35.5 Å². The standard InChI is InChI=1S/C50H51F4N9O6/c1-31(59-45(65)48(3,51)52)42(33-12-7-5-8-13-33)68-38-17-19-40-36(26-38)29-57-62(40)50(21-11-16-35(28-50)44(64)55-22-24-61-25-23-56-47(61)67)63-41-20-18-39(27-37(41)30-58-63)69-43(34-14-9-6-10-15-34)32(2)60-46(66)49(4,53)54/h5-20,26-32,42-43H,21-25H2,1-4H3,(H,55,64)(H,56,67)(H,59,65)(H,60,66)/t31-,32-,42-,43-/m0/s1. The van der Waals surface area contributed by atoms with Crippen molar-refractivity contribution in [1.29, 1.82) is 0 Å². The number of benzene rings is 4. The van der Waals surface area contributed by atoms with Gasteiger partial charge in [0, 0.05) is 62.8 Å². The quantitative estimate of drug-likeness (QED) is 0.0657. The summed E-state index contributed by atoms with van der Waals surface area (Å²) in [6.45, 7) is 5.80. The van der Waals surface area contributed by atoms with Crippen LogP contribution in [0.2, 0.25) is 0 Å². The van der Waals surface area contributed by atoms with E-state index in [0.29, 0.717) is 83.5 Å². The second kappa shape index (κ2) is 19.5. The maximum atomic E-state index is 14.0. The fraction of sp³-hybridized carbons (Fsp3) is 0.320. The van der Waals surface area contributed by atoms with Crippen molar-refractivity contribution in [2.45, 2.75) is 75.9 Å². The molecule has 19 heteroatoms. The number of alkyl halides is 4. The number of carbonyl (C=O) groups excluding carboxylic acids is 4. The molecule has 1 aliphatic carbocycles. The van der Waals surface area contributed by atoms with Crippen LogP contribution in [-0.4, -0.2) is 98.3 Å². The number of rotatable bonds is 18. The van der Waals surface area contributed by atoms with Crippen molar-refractivity contribution in [3.05, 3.63) is 144 Å². The Kier molecular flexibility index (Phi) is 13.5. The molecule has 4 aromatic carbocycles. The zero-order valence-electron chi connectivity index (χ0n) is 38.2. The summed E-state index contributed by atoms with van der Waals surface area (Å²) in [4.78, 5) is 52.4. The molecule has 0 unspecified atom stereocenters. The second-order valence-electron chi connectivity index (χ2n) is 17.3. The lowest BCUT2D eigenvalue weighted by Gasteiger charge is -2.35. The number of amides is 5. The smallest absolute Gasteiger partial charge is 0.321 e. The second-order valence-corrected chi connectivity index (χ2v) is 17.3. The van der Waals surface area contributed by atoms with Crippen LogP contribution in [0, 0.1) is 0 Å². The lowest BCUT2D eigenvalue weighted by atomic mass is 9.95. The Morgan fingerprint density at radius 2 is 1.25 bits per heavy atom. The molecule has 69 heavy (non-hydrogen) atoms. The number of nitrogens with zero attached hydrogens (tertiary/aromatic N) is 5. The number of halogens is 4. The number of nitrogens with one attached hydrogen (secondary N) is 4. The first-order valence-corrected chi connectivity index (χ1v) is 22.4. The number of allylic oxidation sites excluding steroid dienone is 2. The molecular formula is C50H51F4N9O6. The van der Waals surface area contributed by atoms with E-state index in [1.807, 2.05) is 6.08 Å². The predicted molar refractivity (Wildman–Crippen MR) is 249 cm³/mol. The van der Waals surface area contributed by atoms with Crippen molar-refractivity contribution >= 4 is 45.6 Å². The first-order chi connectivity index (χ1) is 32.9. The van der Waals surface area contributed by atoms with Gasteiger partial charge < -0.3 is 35.6 Å². The molecule has 0 saturated carbocycles. The number of hydrogen-bond donors (Lipinski definition) is 4. The molecule has 1 saturated heterocycles. The van der Waals surface area contributed by atoms with Crippen molar-refractivity contribution < 1.29 is 46.2 Å². The minimum Gasteiger partial charge on any atom is -0.484 e. The molecule has 8 rings (SSSR count). The van der Waals surface area contributed by atoms with Gasteiger partial charge in [-0.3, -0.25) is 14.4 Å². The molecule has 360 valence electrons. The van der Waals surface area contributed by atoms with E-state index in [2.05, 4.69) is 21.3 Å². The molecule has 3 heterocycles. The normalized spacial score (nSPS) is 16.6. The zero-order chi connectivity index (χ0) is 49.1. The van der Waals surface area contributed by atoms with Crippen LogP contribution >= 0.6 is 0 Å². The molecule has 0 radical (unpaired) electrons. The van der Waals surface area contributed by atoms with Crippen LogP contribution in [0.25, 0.3) is 21.8 Å². The summed E-state index contributed by atoms with van der Waals surface area (Å²) in [5.74, 6) is -9.74. The van der Waals surface area contributed by atoms with E-state index in [1.165, 1.54) is 0 Å². The van der Waals surface area contributed by atoms with Crippen LogP contribution in [0.5, 0.6) is 11.5 Å². The van der Waals surface area contributed by atoms with Crippen LogP contribution in [0.4, 0.5) is 22.4 Å². The van der Waals surface area contributed by atoms with Crippen molar-refractivity contribution in [3.8, 4) is 11.5 Å². The van der Waals surface area contributed by atoms with E-state index in [9.17, 15) is 36.7 Å². The van der Waals surface area contributed by atoms with Crippen LogP contribution < -0.4 is 30.7 Å². The number of urea groups is 1. The van der Waals surface area contributed by atoms with Crippen LogP contribution in [0.3, 0.4) is 0 Å². The van der Waals surface area contributed by atoms with Crippen molar-refractivity contribution in [2.24, 2.45) is 0 Å². The third-order valence-corrected chi connectivity index (χ3v) is 12.0. The monoisotopic (exact) mass is 949 g/mol. The molecular weight excluding hydrogens is 899 g/mol. The van der Waals surface area contributed by atoms with Gasteiger partial charge in [-0.25, -0.2) is 14.2 Å². The summed E-state index contributed by atoms with van der Waals surface area (Å²) in [5.41, 5.74) is 1.52. The van der Waals surface area contributed by atoms with Gasteiger partial charge in [-0.05, 0) is 67.4 Å². The summed E-state index contributed by atoms with van der Waals surface area (Å²) in [6.07, 6.45) is 7.14. The van der Waals surface area contributed by atoms with Gasteiger partial charge in [-0.15, -0.1) is 0 Å². The van der Waals surface area contributed by atoms with Crippen molar-refractivity contribution in [3.63, 3.8) is 0 Å². The summed E-state index contributed by atoms with van der Waals surface area (Å²) in [5, 5.41) is 21.5. The van der Waals surface area contributed by atoms with E-state index >= 15 is 0 Å². The van der Waals surface area contributed by atoms with Crippen molar-refractivity contribution in [1.82, 2.24) is 45.7 Å². The Labute approximate surface area is 394 Å². The molecule has 6 aromatic rings. The SMILES string of the molecule is C[C@H](NC(=O)C(C)(F)F)[C@H](Oc1ccc2c(cnn2C2(n3ncc4cc(O[C@H](c5ccccc5)[C@H](C)NC(=O)C(C)(F)F)ccc43)C=C(C(=O)NCCN3CCNC3=O)C=CC2)c1)c1ccccc1. The molecule has 4 atom stereocenters. The summed E-state index contributed by atoms with van der Waals surface area (Å²) < 4.78 is 72.3. The van der Waals surface area contributed by atoms with Gasteiger partial charge in [0.2, 0.25) is 0 Å². The summed E-state index contributed by atoms with van der Waals surface area (Å²) in [6, 6.07) is 26.4. The molecule has 4 N–H and O–H groups in total. The van der Waals surface area contributed by atoms with Gasteiger partial charge in [-0.2, -0.15) is 27.8 Å². The van der Waals surface area contributed by atoms with E-state index < -0.39 is 59.5 Å². The molecule has 0 spiro atoms. The van der Waals surface area contributed by atoms with E-state index in [0.717, 1.165) is 0 Å². The third-order valence-electron chi connectivity index (χ3n) is 12.0. The molecule has 5 amide bonds. The summed E-state index contributed by atoms with van der Waals surface area (Å²) in [7, 11) is 0. The average Bonchev–Trinajstić information content (AvgIpc) is 4.08. The molecule has 2 aliphatic rings. The lowest BCUT2D eigenvalue weighted by Crippen LogP contribution is -2.46. The van der Waals surface area contributed by atoms with Gasteiger partial charge in [0.25, 0.3) is 17.7 Å². The highest BCUT2D eigenvalue weighted by Crippen LogP contribution is 2.38. The van der Waals surface area contributed by atoms with E-state index in [1.54, 1.807) is 150 Å². The molecule has 1 fully saturated rings. The third kappa shape index (κ3) is 10.4. The maximum Gasteiger partial charge on any atom is 0.321 e. The number of carbonyl (C=O) groups is 4. The Morgan fingerprint density at radius 3 is 1.70 bits per heavy atom. The number of aromatic nitrogens is 4. The van der Waals surface area contributed by atoms with Crippen LogP contribution in [0.1, 0.15) is 57.5 Å². The topological polar surface area (TPSA) is 174 Å². The lowest BCUT2D eigenvalue weighted by molar-refractivity contribution is -0.144. The van der Waals surface area contributed by atoms with Crippen LogP contribution in [0.15, 0.2) is 133 Å². The van der Waals surface area contributed by atoms with Gasteiger partial charge in [-0.1, -0.05) is 72.8 Å². The summed E-state index contributed by atoms with van der Waals surface area (Å²) >= 11 is 0. The number of ether oxygens (including phenoxy) is 2. The first-order valence-electron chi connectivity index (χ1n) is 22.4. The van der Waals surface area contributed by atoms with Gasteiger partial charge in [0.15, 0.2) is 5.66 Å². The fourth-order valence-electron chi connectivity index (χ4n) is 8.47. The fourth-order valence-corrected chi connectivity index (χ4v) is 8.47.